The molecule has 2 aromatic carbocycles. The molecule has 0 heterocycles. The Hall–Kier alpha value is -1.74. The second kappa shape index (κ2) is 6.43. The number of hydrogen-bond donors (Lipinski definition) is 0. The summed E-state index contributed by atoms with van der Waals surface area (Å²) in [5.74, 6) is 0.0456. The molecule has 19 heavy (non-hydrogen) atoms. The van der Waals surface area contributed by atoms with Crippen LogP contribution >= 0.6 is 0 Å². The molecular formula is C16H16O2S. The maximum atomic E-state index is 12.4. The molecule has 0 aromatic heterocycles. The van der Waals surface area contributed by atoms with Crippen LogP contribution in [0.15, 0.2) is 60.7 Å². The predicted molar refractivity (Wildman–Crippen MR) is 78.4 cm³/mol. The molecule has 0 bridgehead atoms. The smallest absolute Gasteiger partial charge is 0.142 e. The molecule has 0 radical (unpaired) electrons. The highest BCUT2D eigenvalue weighted by atomic mass is 32.2. The van der Waals surface area contributed by atoms with Gasteiger partial charge >= 0.3 is 0 Å². The van der Waals surface area contributed by atoms with Crippen molar-refractivity contribution in [3.05, 3.63) is 71.8 Å². The van der Waals surface area contributed by atoms with Crippen molar-refractivity contribution < 1.29 is 9.00 Å². The zero-order valence-corrected chi connectivity index (χ0v) is 11.6. The normalized spacial score (nSPS) is 12.3. The van der Waals surface area contributed by atoms with E-state index in [1.807, 2.05) is 60.7 Å². The molecule has 3 heteroatoms. The monoisotopic (exact) mass is 272 g/mol. The summed E-state index contributed by atoms with van der Waals surface area (Å²) in [7, 11) is -1.24. The number of rotatable bonds is 5. The van der Waals surface area contributed by atoms with Crippen LogP contribution < -0.4 is 0 Å². The van der Waals surface area contributed by atoms with Crippen LogP contribution in [0.3, 0.4) is 0 Å². The maximum Gasteiger partial charge on any atom is 0.142 e. The van der Waals surface area contributed by atoms with Gasteiger partial charge in [-0.05, 0) is 18.1 Å². The Morgan fingerprint density at radius 2 is 1.37 bits per heavy atom. The molecule has 0 unspecified atom stereocenters. The summed E-state index contributed by atoms with van der Waals surface area (Å²) in [6.07, 6.45) is 0. The van der Waals surface area contributed by atoms with Crippen LogP contribution in [-0.4, -0.2) is 15.7 Å². The molecule has 0 aliphatic carbocycles. The minimum Gasteiger partial charge on any atom is -0.299 e. The number of carbonyl (C=O) groups excluding carboxylic acids is 1. The van der Waals surface area contributed by atoms with Gasteiger partial charge in [-0.25, -0.2) is 0 Å². The molecule has 0 saturated heterocycles. The fourth-order valence-corrected chi connectivity index (χ4v) is 3.52. The van der Waals surface area contributed by atoms with E-state index < -0.39 is 10.8 Å². The Bertz CT molecular complexity index is 524. The highest BCUT2D eigenvalue weighted by Crippen LogP contribution is 2.28. The van der Waals surface area contributed by atoms with E-state index in [0.29, 0.717) is 0 Å². The van der Waals surface area contributed by atoms with E-state index in [1.165, 1.54) is 6.92 Å². The Balaban J connectivity index is 2.40. The highest BCUT2D eigenvalue weighted by molar-refractivity contribution is 7.86. The summed E-state index contributed by atoms with van der Waals surface area (Å²) < 4.78 is 12.4. The van der Waals surface area contributed by atoms with Crippen LogP contribution in [0.4, 0.5) is 0 Å². The quantitative estimate of drug-likeness (QED) is 0.838. The first-order valence-electron chi connectivity index (χ1n) is 6.15. The second-order valence-electron chi connectivity index (χ2n) is 4.43. The van der Waals surface area contributed by atoms with Gasteiger partial charge in [0.2, 0.25) is 0 Å². The van der Waals surface area contributed by atoms with E-state index >= 15 is 0 Å². The van der Waals surface area contributed by atoms with E-state index in [4.69, 9.17) is 0 Å². The lowest BCUT2D eigenvalue weighted by Gasteiger charge is -2.17. The van der Waals surface area contributed by atoms with E-state index in [2.05, 4.69) is 0 Å². The van der Waals surface area contributed by atoms with Gasteiger partial charge in [-0.15, -0.1) is 0 Å². The van der Waals surface area contributed by atoms with E-state index in [-0.39, 0.29) is 16.8 Å². The van der Waals surface area contributed by atoms with Crippen LogP contribution in [0, 0.1) is 0 Å². The van der Waals surface area contributed by atoms with Gasteiger partial charge in [-0.3, -0.25) is 9.00 Å². The van der Waals surface area contributed by atoms with Gasteiger partial charge in [-0.1, -0.05) is 60.7 Å². The van der Waals surface area contributed by atoms with Crippen LogP contribution in [0.5, 0.6) is 0 Å². The average molecular weight is 272 g/mol. The molecule has 0 fully saturated rings. The summed E-state index contributed by atoms with van der Waals surface area (Å²) >= 11 is 0. The minimum absolute atomic E-state index is 0.0461. The van der Waals surface area contributed by atoms with E-state index in [9.17, 15) is 9.00 Å². The van der Waals surface area contributed by atoms with Gasteiger partial charge in [0.05, 0.1) is 11.0 Å². The van der Waals surface area contributed by atoms with Gasteiger partial charge in [0.1, 0.15) is 5.78 Å². The van der Waals surface area contributed by atoms with Gasteiger partial charge in [0.25, 0.3) is 0 Å². The first-order chi connectivity index (χ1) is 9.18. The number of hydrogen-bond acceptors (Lipinski definition) is 2. The van der Waals surface area contributed by atoms with Gasteiger partial charge in [0.15, 0.2) is 0 Å². The fourth-order valence-electron chi connectivity index (χ4n) is 2.04. The number of ketones is 1. The molecular weight excluding hydrogens is 256 g/mol. The lowest BCUT2D eigenvalue weighted by atomic mass is 10.0. The predicted octanol–water partition coefficient (Wildman–Crippen LogP) is 3.11. The maximum absolute atomic E-state index is 12.4. The van der Waals surface area contributed by atoms with E-state index in [0.717, 1.165) is 11.1 Å². The van der Waals surface area contributed by atoms with Crippen LogP contribution in [-0.2, 0) is 15.6 Å². The van der Waals surface area contributed by atoms with Crippen molar-refractivity contribution in [1.82, 2.24) is 0 Å². The first kappa shape index (κ1) is 13.7. The molecule has 0 spiro atoms. The Kier molecular flexibility index (Phi) is 4.63. The fraction of sp³-hybridized carbons (Fsp3) is 0.188. The van der Waals surface area contributed by atoms with Crippen molar-refractivity contribution in [2.45, 2.75) is 12.2 Å². The van der Waals surface area contributed by atoms with Crippen LogP contribution in [0.1, 0.15) is 23.3 Å². The van der Waals surface area contributed by atoms with Crippen molar-refractivity contribution in [2.24, 2.45) is 0 Å². The molecule has 2 aromatic rings. The number of benzene rings is 2. The van der Waals surface area contributed by atoms with Crippen LogP contribution in [0.2, 0.25) is 0 Å². The van der Waals surface area contributed by atoms with Gasteiger partial charge in [0, 0.05) is 10.8 Å². The molecule has 0 N–H and O–H groups in total. The lowest BCUT2D eigenvalue weighted by molar-refractivity contribution is -0.114. The van der Waals surface area contributed by atoms with Gasteiger partial charge in [-0.2, -0.15) is 0 Å². The lowest BCUT2D eigenvalue weighted by Crippen LogP contribution is -2.15. The Morgan fingerprint density at radius 3 is 1.74 bits per heavy atom. The summed E-state index contributed by atoms with van der Waals surface area (Å²) in [6, 6.07) is 19.4. The molecule has 0 aliphatic heterocycles. The average Bonchev–Trinajstić information content (AvgIpc) is 2.40. The van der Waals surface area contributed by atoms with Crippen LogP contribution in [0.25, 0.3) is 0 Å². The molecule has 2 rings (SSSR count). The number of carbonyl (C=O) groups is 1. The largest absolute Gasteiger partial charge is 0.299 e. The summed E-state index contributed by atoms with van der Waals surface area (Å²) in [5, 5.41) is -0.244. The third-order valence-electron chi connectivity index (χ3n) is 2.81. The third-order valence-corrected chi connectivity index (χ3v) is 4.57. The van der Waals surface area contributed by atoms with Crippen molar-refractivity contribution in [3.8, 4) is 0 Å². The molecule has 2 nitrogen and oxygen atoms in total. The molecule has 0 amide bonds. The zero-order valence-electron chi connectivity index (χ0n) is 10.8. The molecule has 0 saturated carbocycles. The topological polar surface area (TPSA) is 34.1 Å². The molecule has 1 atom stereocenters. The standard InChI is InChI=1S/C16H16O2S/c1-13(17)12-19(18)16(14-8-4-2-5-9-14)15-10-6-3-7-11-15/h2-11,16H,12H2,1H3/t19-/m1/s1. The zero-order chi connectivity index (χ0) is 13.7. The number of Topliss-reactive ketones (excluding diaryl/α,β-unsaturated/α-hetero) is 1. The van der Waals surface area contributed by atoms with Crippen molar-refractivity contribution in [1.29, 1.82) is 0 Å². The Morgan fingerprint density at radius 1 is 0.947 bits per heavy atom. The van der Waals surface area contributed by atoms with E-state index in [1.54, 1.807) is 0 Å². The molecule has 98 valence electrons. The summed E-state index contributed by atoms with van der Waals surface area (Å²) in [6.45, 7) is 1.48. The SMILES string of the molecule is CC(=O)C[S@@](=O)C(c1ccccc1)c1ccccc1. The van der Waals surface area contributed by atoms with Crippen molar-refractivity contribution in [2.75, 3.05) is 5.75 Å². The molecule has 0 aliphatic rings. The highest BCUT2D eigenvalue weighted by Gasteiger charge is 2.21. The Labute approximate surface area is 115 Å². The summed E-state index contributed by atoms with van der Waals surface area (Å²) in [4.78, 5) is 11.2. The minimum atomic E-state index is -1.24. The second-order valence-corrected chi connectivity index (χ2v) is 5.95. The summed E-state index contributed by atoms with van der Waals surface area (Å²) in [5.41, 5.74) is 1.96. The van der Waals surface area contributed by atoms with Crippen molar-refractivity contribution >= 4 is 16.6 Å². The third kappa shape index (κ3) is 3.61. The van der Waals surface area contributed by atoms with Gasteiger partial charge < -0.3 is 0 Å². The van der Waals surface area contributed by atoms with Crippen molar-refractivity contribution in [3.63, 3.8) is 0 Å². The first-order valence-corrected chi connectivity index (χ1v) is 7.53.